The van der Waals surface area contributed by atoms with Crippen LogP contribution in [0, 0.1) is 11.3 Å². The largest absolute Gasteiger partial charge is 0.444 e. The average Bonchev–Trinajstić information content (AvgIpc) is 2.91. The van der Waals surface area contributed by atoms with Crippen molar-refractivity contribution < 1.29 is 19.1 Å². The lowest BCUT2D eigenvalue weighted by molar-refractivity contribution is -0.0980. The van der Waals surface area contributed by atoms with E-state index in [0.29, 0.717) is 5.92 Å². The van der Waals surface area contributed by atoms with Gasteiger partial charge in [-0.2, -0.15) is 0 Å². The van der Waals surface area contributed by atoms with Crippen LogP contribution in [0.4, 0.5) is 4.79 Å². The molecule has 0 bridgehead atoms. The standard InChI is InChI=1S/C24H38N2O3.CH2O/c1-23(2,3)29-22(27)26-14-9-12-24(13-15-26)19-25(17-21(24)18-28-4)16-20-10-7-5-6-8-11-20;1-2/h5,7-8,10-11,21H,6,9,12-19H2,1-4H3;1H2. The fraction of sp³-hybridized carbons (Fsp3) is 0.680. The van der Waals surface area contributed by atoms with Gasteiger partial charge in [0.25, 0.3) is 0 Å². The summed E-state index contributed by atoms with van der Waals surface area (Å²) in [5.74, 6) is 0.511. The average molecular weight is 433 g/mol. The van der Waals surface area contributed by atoms with Crippen molar-refractivity contribution in [1.82, 2.24) is 9.80 Å². The quantitative estimate of drug-likeness (QED) is 0.665. The van der Waals surface area contributed by atoms with Crippen LogP contribution < -0.4 is 0 Å². The third-order valence-electron chi connectivity index (χ3n) is 6.34. The highest BCUT2D eigenvalue weighted by Crippen LogP contribution is 2.45. The number of rotatable bonds is 4. The van der Waals surface area contributed by atoms with Gasteiger partial charge < -0.3 is 19.2 Å². The smallest absolute Gasteiger partial charge is 0.410 e. The molecular weight excluding hydrogens is 392 g/mol. The lowest BCUT2D eigenvalue weighted by Gasteiger charge is -2.34. The molecule has 3 rings (SSSR count). The van der Waals surface area contributed by atoms with Crippen molar-refractivity contribution in [1.29, 1.82) is 0 Å². The van der Waals surface area contributed by atoms with Gasteiger partial charge in [-0.15, -0.1) is 0 Å². The Kier molecular flexibility index (Phi) is 9.51. The van der Waals surface area contributed by atoms with E-state index in [1.165, 1.54) is 5.57 Å². The van der Waals surface area contributed by atoms with Crippen LogP contribution in [0.2, 0.25) is 0 Å². The van der Waals surface area contributed by atoms with Crippen molar-refractivity contribution >= 4 is 12.9 Å². The van der Waals surface area contributed by atoms with Crippen molar-refractivity contribution in [2.75, 3.05) is 46.4 Å². The molecule has 0 aromatic carbocycles. The van der Waals surface area contributed by atoms with Gasteiger partial charge in [0.05, 0.1) is 6.61 Å². The molecular formula is C25H40N2O4. The second-order valence-electron chi connectivity index (χ2n) is 9.81. The monoisotopic (exact) mass is 432 g/mol. The lowest BCUT2D eigenvalue weighted by atomic mass is 9.73. The Hall–Kier alpha value is -1.92. The van der Waals surface area contributed by atoms with E-state index in [2.05, 4.69) is 35.3 Å². The third kappa shape index (κ3) is 7.32. The molecule has 1 aliphatic carbocycles. The van der Waals surface area contributed by atoms with E-state index in [-0.39, 0.29) is 11.5 Å². The summed E-state index contributed by atoms with van der Waals surface area (Å²) < 4.78 is 11.2. The molecule has 2 aliphatic heterocycles. The molecule has 0 saturated carbocycles. The first-order valence-electron chi connectivity index (χ1n) is 11.3. The molecule has 174 valence electrons. The maximum atomic E-state index is 12.6. The number of amides is 1. The summed E-state index contributed by atoms with van der Waals surface area (Å²) in [4.78, 5) is 25.1. The van der Waals surface area contributed by atoms with Gasteiger partial charge in [0.1, 0.15) is 12.4 Å². The molecule has 0 aromatic heterocycles. The minimum atomic E-state index is -0.446. The van der Waals surface area contributed by atoms with E-state index < -0.39 is 5.60 Å². The Morgan fingerprint density at radius 1 is 1.23 bits per heavy atom. The van der Waals surface area contributed by atoms with Gasteiger partial charge >= 0.3 is 6.09 Å². The van der Waals surface area contributed by atoms with Crippen molar-refractivity contribution in [3.05, 3.63) is 36.0 Å². The van der Waals surface area contributed by atoms with E-state index >= 15 is 0 Å². The minimum absolute atomic E-state index is 0.173. The van der Waals surface area contributed by atoms with Crippen LogP contribution >= 0.6 is 0 Å². The van der Waals surface area contributed by atoms with Crippen molar-refractivity contribution in [2.24, 2.45) is 11.3 Å². The van der Waals surface area contributed by atoms with Crippen LogP contribution in [0.5, 0.6) is 0 Å². The van der Waals surface area contributed by atoms with Crippen LogP contribution in [0.1, 0.15) is 46.5 Å². The number of hydrogen-bond acceptors (Lipinski definition) is 5. The molecule has 2 atom stereocenters. The van der Waals surface area contributed by atoms with Gasteiger partial charge in [-0.05, 0) is 57.4 Å². The summed E-state index contributed by atoms with van der Waals surface area (Å²) in [5, 5.41) is 0. The van der Waals surface area contributed by atoms with E-state index in [0.717, 1.165) is 65.0 Å². The van der Waals surface area contributed by atoms with Crippen LogP contribution in [-0.2, 0) is 14.3 Å². The molecule has 31 heavy (non-hydrogen) atoms. The van der Waals surface area contributed by atoms with E-state index in [1.807, 2.05) is 32.5 Å². The maximum Gasteiger partial charge on any atom is 0.410 e. The van der Waals surface area contributed by atoms with Crippen LogP contribution in [0.15, 0.2) is 36.0 Å². The first-order valence-corrected chi connectivity index (χ1v) is 11.3. The van der Waals surface area contributed by atoms with Gasteiger partial charge in [-0.3, -0.25) is 4.90 Å². The molecule has 0 aromatic rings. The van der Waals surface area contributed by atoms with Crippen molar-refractivity contribution in [3.8, 4) is 0 Å². The van der Waals surface area contributed by atoms with Crippen LogP contribution in [-0.4, -0.2) is 74.7 Å². The molecule has 2 heterocycles. The summed E-state index contributed by atoms with van der Waals surface area (Å²) in [6.45, 7) is 13.3. The Balaban J connectivity index is 0.00000166. The normalized spacial score (nSPS) is 26.6. The maximum absolute atomic E-state index is 12.6. The molecule has 0 radical (unpaired) electrons. The van der Waals surface area contributed by atoms with Gasteiger partial charge in [0.15, 0.2) is 0 Å². The van der Waals surface area contributed by atoms with Gasteiger partial charge in [0, 0.05) is 45.8 Å². The predicted molar refractivity (Wildman–Crippen MR) is 124 cm³/mol. The first-order chi connectivity index (χ1) is 14.8. The zero-order valence-electron chi connectivity index (χ0n) is 19.8. The summed E-state index contributed by atoms with van der Waals surface area (Å²) in [7, 11) is 1.81. The Bertz CT molecular complexity index is 679. The molecule has 1 amide bonds. The Morgan fingerprint density at radius 3 is 2.71 bits per heavy atom. The van der Waals surface area contributed by atoms with Gasteiger partial charge in [-0.25, -0.2) is 4.79 Å². The number of hydrogen-bond donors (Lipinski definition) is 0. The highest BCUT2D eigenvalue weighted by molar-refractivity contribution is 5.68. The summed E-state index contributed by atoms with van der Waals surface area (Å²) >= 11 is 0. The highest BCUT2D eigenvalue weighted by atomic mass is 16.6. The zero-order valence-corrected chi connectivity index (χ0v) is 19.8. The van der Waals surface area contributed by atoms with Crippen molar-refractivity contribution in [3.63, 3.8) is 0 Å². The SMILES string of the molecule is C=O.COCC1CN(CC2=CC=CCC=C2)CC12CCCN(C(=O)OC(C)(C)C)CC2. The zero-order chi connectivity index (χ0) is 22.9. The summed E-state index contributed by atoms with van der Waals surface area (Å²) in [5.41, 5.74) is 1.14. The molecule has 3 aliphatic rings. The fourth-order valence-electron chi connectivity index (χ4n) is 4.97. The number of methoxy groups -OCH3 is 1. The number of carbonyl (C=O) groups excluding carboxylic acids is 2. The molecule has 1 spiro atoms. The topological polar surface area (TPSA) is 59.1 Å². The van der Waals surface area contributed by atoms with Gasteiger partial charge in [-0.1, -0.05) is 30.4 Å². The van der Waals surface area contributed by atoms with Crippen LogP contribution in [0.25, 0.3) is 0 Å². The fourth-order valence-corrected chi connectivity index (χ4v) is 4.97. The number of likely N-dealkylation sites (tertiary alicyclic amines) is 2. The Morgan fingerprint density at radius 2 is 2.00 bits per heavy atom. The molecule has 2 saturated heterocycles. The molecule has 0 N–H and O–H groups in total. The van der Waals surface area contributed by atoms with Crippen molar-refractivity contribution in [2.45, 2.75) is 52.1 Å². The van der Waals surface area contributed by atoms with E-state index in [1.54, 1.807) is 7.11 Å². The number of carbonyl (C=O) groups is 2. The number of nitrogens with zero attached hydrogens (tertiary/aromatic N) is 2. The number of ether oxygens (including phenoxy) is 2. The second kappa shape index (κ2) is 11.6. The molecule has 6 heteroatoms. The summed E-state index contributed by atoms with van der Waals surface area (Å²) in [6, 6.07) is 0. The third-order valence-corrected chi connectivity index (χ3v) is 6.34. The van der Waals surface area contributed by atoms with Gasteiger partial charge in [0.2, 0.25) is 0 Å². The molecule has 6 nitrogen and oxygen atoms in total. The van der Waals surface area contributed by atoms with Crippen LogP contribution in [0.3, 0.4) is 0 Å². The predicted octanol–water partition coefficient (Wildman–Crippen LogP) is 4.23. The second-order valence-corrected chi connectivity index (χ2v) is 9.81. The first kappa shape index (κ1) is 25.3. The highest BCUT2D eigenvalue weighted by Gasteiger charge is 2.47. The van der Waals surface area contributed by atoms with E-state index in [9.17, 15) is 4.79 Å². The Labute approximate surface area is 187 Å². The molecule has 2 unspecified atom stereocenters. The number of allylic oxidation sites excluding steroid dienone is 4. The summed E-state index contributed by atoms with van der Waals surface area (Å²) in [6.07, 6.45) is 15.1. The lowest BCUT2D eigenvalue weighted by Crippen LogP contribution is -2.39. The minimum Gasteiger partial charge on any atom is -0.444 e. The molecule has 2 fully saturated rings. The van der Waals surface area contributed by atoms with E-state index in [4.69, 9.17) is 14.3 Å².